The van der Waals surface area contributed by atoms with E-state index in [2.05, 4.69) is 24.1 Å². The van der Waals surface area contributed by atoms with E-state index in [1.54, 1.807) is 0 Å². The highest BCUT2D eigenvalue weighted by Gasteiger charge is 2.21. The molecule has 4 nitrogen and oxygen atoms in total. The molecule has 0 spiro atoms. The van der Waals surface area contributed by atoms with Crippen LogP contribution in [0.4, 0.5) is 0 Å². The Hall–Kier alpha value is -0.610. The van der Waals surface area contributed by atoms with Crippen LogP contribution in [0.5, 0.6) is 0 Å². The number of hydrogen-bond acceptors (Lipinski definition) is 3. The molecule has 88 valence electrons. The van der Waals surface area contributed by atoms with Crippen LogP contribution in [0.15, 0.2) is 0 Å². The summed E-state index contributed by atoms with van der Waals surface area (Å²) in [5.74, 6) is -0.160. The predicted octanol–water partition coefficient (Wildman–Crippen LogP) is 0.781. The first-order valence-corrected chi connectivity index (χ1v) is 5.76. The zero-order valence-corrected chi connectivity index (χ0v) is 9.70. The van der Waals surface area contributed by atoms with Gasteiger partial charge >= 0.3 is 5.97 Å². The van der Waals surface area contributed by atoms with Gasteiger partial charge in [-0.1, -0.05) is 0 Å². The van der Waals surface area contributed by atoms with Crippen molar-refractivity contribution in [3.8, 4) is 0 Å². The van der Waals surface area contributed by atoms with Gasteiger partial charge in [-0.05, 0) is 45.7 Å². The maximum absolute atomic E-state index is 10.3. The highest BCUT2D eigenvalue weighted by atomic mass is 16.4. The third-order valence-corrected chi connectivity index (χ3v) is 2.99. The van der Waals surface area contributed by atoms with Crippen molar-refractivity contribution in [1.82, 2.24) is 10.2 Å². The first-order valence-electron chi connectivity index (χ1n) is 5.76. The van der Waals surface area contributed by atoms with Crippen molar-refractivity contribution in [2.24, 2.45) is 5.92 Å². The molecule has 1 fully saturated rings. The summed E-state index contributed by atoms with van der Waals surface area (Å²) in [4.78, 5) is 12.8. The summed E-state index contributed by atoms with van der Waals surface area (Å²) < 4.78 is 0. The molecule has 1 rings (SSSR count). The zero-order chi connectivity index (χ0) is 11.3. The molecule has 1 atom stereocenters. The van der Waals surface area contributed by atoms with Gasteiger partial charge in [-0.2, -0.15) is 0 Å². The number of carboxylic acids is 1. The van der Waals surface area contributed by atoms with Gasteiger partial charge in [0.25, 0.3) is 0 Å². The van der Waals surface area contributed by atoms with Crippen molar-refractivity contribution in [2.75, 3.05) is 26.2 Å². The molecule has 0 saturated carbocycles. The van der Waals surface area contributed by atoms with Gasteiger partial charge in [0.1, 0.15) is 0 Å². The summed E-state index contributed by atoms with van der Waals surface area (Å²) in [5.41, 5.74) is 0. The summed E-state index contributed by atoms with van der Waals surface area (Å²) in [6.07, 6.45) is 2.45. The second kappa shape index (κ2) is 6.08. The molecule has 1 aliphatic rings. The average molecular weight is 214 g/mol. The molecule has 4 heteroatoms. The van der Waals surface area contributed by atoms with E-state index in [4.69, 9.17) is 5.11 Å². The maximum atomic E-state index is 10.3. The van der Waals surface area contributed by atoms with E-state index in [0.717, 1.165) is 13.1 Å². The van der Waals surface area contributed by atoms with E-state index in [1.165, 1.54) is 19.4 Å². The molecule has 1 heterocycles. The number of rotatable bonds is 5. The Morgan fingerprint density at radius 3 is 2.93 bits per heavy atom. The summed E-state index contributed by atoms with van der Waals surface area (Å²) in [6.45, 7) is 7.63. The number of nitrogens with one attached hydrogen (secondary N) is 1. The van der Waals surface area contributed by atoms with Crippen molar-refractivity contribution in [3.63, 3.8) is 0 Å². The molecule has 1 saturated heterocycles. The predicted molar refractivity (Wildman–Crippen MR) is 59.9 cm³/mol. The molecule has 1 aliphatic heterocycles. The van der Waals surface area contributed by atoms with E-state index in [9.17, 15) is 4.79 Å². The Morgan fingerprint density at radius 2 is 2.33 bits per heavy atom. The average Bonchev–Trinajstić information content (AvgIpc) is 2.17. The Morgan fingerprint density at radius 1 is 1.60 bits per heavy atom. The molecule has 0 radical (unpaired) electrons. The molecule has 15 heavy (non-hydrogen) atoms. The van der Waals surface area contributed by atoms with Gasteiger partial charge in [0.2, 0.25) is 0 Å². The molecule has 1 unspecified atom stereocenters. The minimum Gasteiger partial charge on any atom is -0.480 e. The van der Waals surface area contributed by atoms with Gasteiger partial charge in [-0.3, -0.25) is 4.79 Å². The van der Waals surface area contributed by atoms with Gasteiger partial charge in [-0.15, -0.1) is 0 Å². The topological polar surface area (TPSA) is 52.6 Å². The Kier molecular flexibility index (Phi) is 5.05. The fraction of sp³-hybridized carbons (Fsp3) is 0.909. The standard InChI is InChI=1S/C11H22N2O2/c1-9(2)13-5-3-4-10(8-13)6-12-7-11(14)15/h9-10,12H,3-8H2,1-2H3,(H,14,15). The molecule has 0 aromatic carbocycles. The van der Waals surface area contributed by atoms with E-state index in [1.807, 2.05) is 0 Å². The molecule has 0 aromatic heterocycles. The first-order chi connectivity index (χ1) is 7.09. The van der Waals surface area contributed by atoms with Crippen LogP contribution in [0, 0.1) is 5.92 Å². The molecular formula is C11H22N2O2. The van der Waals surface area contributed by atoms with Crippen LogP contribution in [0.2, 0.25) is 0 Å². The van der Waals surface area contributed by atoms with Crippen LogP contribution in [-0.2, 0) is 4.79 Å². The normalized spacial score (nSPS) is 23.3. The summed E-state index contributed by atoms with van der Waals surface area (Å²) in [5, 5.41) is 11.5. The number of likely N-dealkylation sites (tertiary alicyclic amines) is 1. The van der Waals surface area contributed by atoms with Crippen molar-refractivity contribution < 1.29 is 9.90 Å². The molecule has 0 bridgehead atoms. The lowest BCUT2D eigenvalue weighted by Gasteiger charge is -2.35. The number of piperidine rings is 1. The van der Waals surface area contributed by atoms with Crippen molar-refractivity contribution >= 4 is 5.97 Å². The van der Waals surface area contributed by atoms with Gasteiger partial charge in [0.15, 0.2) is 0 Å². The number of hydrogen-bond donors (Lipinski definition) is 2. The molecule has 0 aromatic rings. The Balaban J connectivity index is 2.21. The highest BCUT2D eigenvalue weighted by Crippen LogP contribution is 2.17. The SMILES string of the molecule is CC(C)N1CCCC(CNCC(=O)O)C1. The maximum Gasteiger partial charge on any atom is 0.317 e. The molecule has 2 N–H and O–H groups in total. The zero-order valence-electron chi connectivity index (χ0n) is 9.70. The number of nitrogens with zero attached hydrogens (tertiary/aromatic N) is 1. The van der Waals surface area contributed by atoms with Crippen LogP contribution in [0.1, 0.15) is 26.7 Å². The lowest BCUT2D eigenvalue weighted by Crippen LogP contribution is -2.43. The van der Waals surface area contributed by atoms with E-state index >= 15 is 0 Å². The van der Waals surface area contributed by atoms with Gasteiger partial charge in [-0.25, -0.2) is 0 Å². The van der Waals surface area contributed by atoms with E-state index in [0.29, 0.717) is 12.0 Å². The third kappa shape index (κ3) is 4.62. The van der Waals surface area contributed by atoms with Gasteiger partial charge in [0, 0.05) is 12.6 Å². The van der Waals surface area contributed by atoms with Gasteiger partial charge < -0.3 is 15.3 Å². The second-order valence-electron chi connectivity index (χ2n) is 4.62. The van der Waals surface area contributed by atoms with Crippen LogP contribution in [0.3, 0.4) is 0 Å². The second-order valence-corrected chi connectivity index (χ2v) is 4.62. The number of aliphatic carboxylic acids is 1. The summed E-state index contributed by atoms with van der Waals surface area (Å²) in [7, 11) is 0. The van der Waals surface area contributed by atoms with Crippen LogP contribution >= 0.6 is 0 Å². The lowest BCUT2D eigenvalue weighted by molar-refractivity contribution is -0.136. The minimum absolute atomic E-state index is 0.0815. The molecule has 0 aliphatic carbocycles. The van der Waals surface area contributed by atoms with Crippen molar-refractivity contribution in [1.29, 1.82) is 0 Å². The number of carbonyl (C=O) groups is 1. The fourth-order valence-electron chi connectivity index (χ4n) is 2.12. The Bertz CT molecular complexity index is 207. The summed E-state index contributed by atoms with van der Waals surface area (Å²) >= 11 is 0. The smallest absolute Gasteiger partial charge is 0.317 e. The highest BCUT2D eigenvalue weighted by molar-refractivity contribution is 5.68. The molecular weight excluding hydrogens is 192 g/mol. The third-order valence-electron chi connectivity index (χ3n) is 2.99. The quantitative estimate of drug-likeness (QED) is 0.710. The van der Waals surface area contributed by atoms with Crippen LogP contribution in [0.25, 0.3) is 0 Å². The number of carboxylic acid groups (broad SMARTS) is 1. The lowest BCUT2D eigenvalue weighted by atomic mass is 9.97. The van der Waals surface area contributed by atoms with Gasteiger partial charge in [0.05, 0.1) is 6.54 Å². The van der Waals surface area contributed by atoms with Crippen molar-refractivity contribution in [3.05, 3.63) is 0 Å². The van der Waals surface area contributed by atoms with E-state index < -0.39 is 5.97 Å². The first kappa shape index (κ1) is 12.5. The van der Waals surface area contributed by atoms with Crippen LogP contribution < -0.4 is 5.32 Å². The van der Waals surface area contributed by atoms with E-state index in [-0.39, 0.29) is 6.54 Å². The van der Waals surface area contributed by atoms with Crippen LogP contribution in [-0.4, -0.2) is 48.2 Å². The monoisotopic (exact) mass is 214 g/mol. The Labute approximate surface area is 91.6 Å². The fourth-order valence-corrected chi connectivity index (χ4v) is 2.12. The van der Waals surface area contributed by atoms with Crippen molar-refractivity contribution in [2.45, 2.75) is 32.7 Å². The minimum atomic E-state index is -0.772. The largest absolute Gasteiger partial charge is 0.480 e. The summed E-state index contributed by atoms with van der Waals surface area (Å²) in [6, 6.07) is 0.604. The molecule has 0 amide bonds.